The van der Waals surface area contributed by atoms with Crippen LogP contribution in [0.25, 0.3) is 0 Å². The minimum atomic E-state index is -0.294. The molecule has 17 heavy (non-hydrogen) atoms. The summed E-state index contributed by atoms with van der Waals surface area (Å²) < 4.78 is 12.2. The van der Waals surface area contributed by atoms with E-state index < -0.39 is 0 Å². The van der Waals surface area contributed by atoms with E-state index in [9.17, 15) is 0 Å². The van der Waals surface area contributed by atoms with E-state index in [1.807, 2.05) is 0 Å². The Bertz CT molecular complexity index is 339. The maximum absolute atomic E-state index is 6.09. The first kappa shape index (κ1) is 11.7. The van der Waals surface area contributed by atoms with Crippen molar-refractivity contribution in [2.24, 2.45) is 16.7 Å². The number of ether oxygens (including phenoxy) is 2. The Labute approximate surface area is 104 Å². The lowest BCUT2D eigenvalue weighted by Gasteiger charge is -2.58. The second kappa shape index (κ2) is 3.58. The van der Waals surface area contributed by atoms with Crippen LogP contribution in [-0.4, -0.2) is 19.0 Å². The quantitative estimate of drug-likeness (QED) is 0.599. The van der Waals surface area contributed by atoms with E-state index in [4.69, 9.17) is 9.47 Å². The molecule has 0 aromatic rings. The van der Waals surface area contributed by atoms with Gasteiger partial charge in [0, 0.05) is 11.8 Å². The van der Waals surface area contributed by atoms with Gasteiger partial charge in [-0.15, -0.1) is 0 Å². The minimum Gasteiger partial charge on any atom is -0.347 e. The third-order valence-electron chi connectivity index (χ3n) is 5.38. The van der Waals surface area contributed by atoms with Crippen molar-refractivity contribution in [2.45, 2.75) is 52.2 Å². The molecular formula is C15H24O2. The van der Waals surface area contributed by atoms with Gasteiger partial charge in [0.05, 0.1) is 13.2 Å². The molecule has 3 rings (SSSR count). The first-order chi connectivity index (χ1) is 8.00. The fourth-order valence-corrected chi connectivity index (χ4v) is 4.55. The Morgan fingerprint density at radius 1 is 1.12 bits per heavy atom. The van der Waals surface area contributed by atoms with Crippen molar-refractivity contribution in [1.82, 2.24) is 0 Å². The third kappa shape index (κ3) is 1.47. The maximum Gasteiger partial charge on any atom is 0.174 e. The highest BCUT2D eigenvalue weighted by Gasteiger charge is 2.61. The number of allylic oxidation sites excluding steroid dienone is 2. The van der Waals surface area contributed by atoms with E-state index in [-0.39, 0.29) is 16.6 Å². The fraction of sp³-hybridized carbons (Fsp3) is 0.867. The Balaban J connectivity index is 2.03. The van der Waals surface area contributed by atoms with Crippen molar-refractivity contribution in [2.75, 3.05) is 13.2 Å². The van der Waals surface area contributed by atoms with Crippen molar-refractivity contribution >= 4 is 0 Å². The lowest BCUT2D eigenvalue weighted by molar-refractivity contribution is -0.278. The SMILES string of the molecule is CC1(C)C=CC[C@@]2(C)[C@H]1CCCC21OCCO1. The molecule has 2 heteroatoms. The Morgan fingerprint density at radius 3 is 2.53 bits per heavy atom. The lowest BCUT2D eigenvalue weighted by Crippen LogP contribution is -2.58. The van der Waals surface area contributed by atoms with Crippen molar-refractivity contribution in [3.63, 3.8) is 0 Å². The zero-order valence-electron chi connectivity index (χ0n) is 11.3. The van der Waals surface area contributed by atoms with Gasteiger partial charge < -0.3 is 9.47 Å². The second-order valence-electron chi connectivity index (χ2n) is 6.74. The van der Waals surface area contributed by atoms with Crippen LogP contribution in [0.3, 0.4) is 0 Å². The summed E-state index contributed by atoms with van der Waals surface area (Å²) in [5.41, 5.74) is 0.426. The monoisotopic (exact) mass is 236 g/mol. The van der Waals surface area contributed by atoms with Gasteiger partial charge in [0.15, 0.2) is 5.79 Å². The fourth-order valence-electron chi connectivity index (χ4n) is 4.55. The third-order valence-corrected chi connectivity index (χ3v) is 5.38. The predicted octanol–water partition coefficient (Wildman–Crippen LogP) is 3.52. The van der Waals surface area contributed by atoms with Gasteiger partial charge in [0.2, 0.25) is 0 Å². The Morgan fingerprint density at radius 2 is 1.82 bits per heavy atom. The van der Waals surface area contributed by atoms with Crippen LogP contribution in [0.1, 0.15) is 46.5 Å². The summed E-state index contributed by atoms with van der Waals surface area (Å²) in [5, 5.41) is 0. The molecule has 1 heterocycles. The summed E-state index contributed by atoms with van der Waals surface area (Å²) in [7, 11) is 0. The average molecular weight is 236 g/mol. The normalized spacial score (nSPS) is 42.6. The molecule has 0 aromatic carbocycles. The first-order valence-electron chi connectivity index (χ1n) is 6.96. The molecule has 1 saturated heterocycles. The van der Waals surface area contributed by atoms with Gasteiger partial charge in [0.1, 0.15) is 0 Å². The van der Waals surface area contributed by atoms with Crippen molar-refractivity contribution in [3.05, 3.63) is 12.2 Å². The molecule has 2 atom stereocenters. The van der Waals surface area contributed by atoms with Crippen LogP contribution in [-0.2, 0) is 9.47 Å². The van der Waals surface area contributed by atoms with E-state index in [0.717, 1.165) is 26.1 Å². The molecule has 0 amide bonds. The number of rotatable bonds is 0. The van der Waals surface area contributed by atoms with Gasteiger partial charge in [-0.05, 0) is 30.6 Å². The van der Waals surface area contributed by atoms with Crippen LogP contribution in [0.2, 0.25) is 0 Å². The molecular weight excluding hydrogens is 212 g/mol. The smallest absolute Gasteiger partial charge is 0.174 e. The predicted molar refractivity (Wildman–Crippen MR) is 67.6 cm³/mol. The summed E-state index contributed by atoms with van der Waals surface area (Å²) in [6.45, 7) is 8.64. The van der Waals surface area contributed by atoms with E-state index in [1.165, 1.54) is 12.8 Å². The molecule has 0 aromatic heterocycles. The van der Waals surface area contributed by atoms with Crippen molar-refractivity contribution in [3.8, 4) is 0 Å². The maximum atomic E-state index is 6.09. The Kier molecular flexibility index (Phi) is 2.47. The summed E-state index contributed by atoms with van der Waals surface area (Å²) in [5.74, 6) is 0.379. The van der Waals surface area contributed by atoms with Crippen molar-refractivity contribution in [1.29, 1.82) is 0 Å². The number of hydrogen-bond acceptors (Lipinski definition) is 2. The summed E-state index contributed by atoms with van der Waals surface area (Å²) in [4.78, 5) is 0. The molecule has 0 unspecified atom stereocenters. The zero-order chi connectivity index (χ0) is 12.1. The minimum absolute atomic E-state index is 0.153. The van der Waals surface area contributed by atoms with Gasteiger partial charge in [-0.2, -0.15) is 0 Å². The van der Waals surface area contributed by atoms with Crippen LogP contribution in [0.5, 0.6) is 0 Å². The largest absolute Gasteiger partial charge is 0.347 e. The van der Waals surface area contributed by atoms with Crippen LogP contribution < -0.4 is 0 Å². The molecule has 1 saturated carbocycles. The molecule has 2 nitrogen and oxygen atoms in total. The highest BCUT2D eigenvalue weighted by atomic mass is 16.7. The van der Waals surface area contributed by atoms with E-state index >= 15 is 0 Å². The lowest BCUT2D eigenvalue weighted by atomic mass is 9.51. The molecule has 0 bridgehead atoms. The van der Waals surface area contributed by atoms with Crippen LogP contribution in [0.15, 0.2) is 12.2 Å². The first-order valence-corrected chi connectivity index (χ1v) is 6.96. The van der Waals surface area contributed by atoms with Gasteiger partial charge in [-0.3, -0.25) is 0 Å². The summed E-state index contributed by atoms with van der Waals surface area (Å²) >= 11 is 0. The number of hydrogen-bond donors (Lipinski definition) is 0. The molecule has 0 radical (unpaired) electrons. The van der Waals surface area contributed by atoms with E-state index in [2.05, 4.69) is 32.9 Å². The van der Waals surface area contributed by atoms with Crippen LogP contribution in [0.4, 0.5) is 0 Å². The molecule has 1 aliphatic heterocycles. The topological polar surface area (TPSA) is 18.5 Å². The molecule has 1 spiro atoms. The summed E-state index contributed by atoms with van der Waals surface area (Å²) in [6.07, 6.45) is 9.45. The Hall–Kier alpha value is -0.340. The van der Waals surface area contributed by atoms with Gasteiger partial charge >= 0.3 is 0 Å². The van der Waals surface area contributed by atoms with Gasteiger partial charge in [0.25, 0.3) is 0 Å². The molecule has 2 aliphatic carbocycles. The average Bonchev–Trinajstić information content (AvgIpc) is 2.71. The molecule has 0 N–H and O–H groups in total. The second-order valence-corrected chi connectivity index (χ2v) is 6.74. The standard InChI is InChI=1S/C15H24O2/c1-13(2)7-5-8-14(3)12(13)6-4-9-15(14)16-10-11-17-15/h5,7,12H,4,6,8-11H2,1-3H3/t12-,14-/m0/s1. The summed E-state index contributed by atoms with van der Waals surface area (Å²) in [6, 6.07) is 0. The van der Waals surface area contributed by atoms with Crippen LogP contribution >= 0.6 is 0 Å². The van der Waals surface area contributed by atoms with E-state index in [0.29, 0.717) is 5.92 Å². The van der Waals surface area contributed by atoms with Crippen molar-refractivity contribution < 1.29 is 9.47 Å². The molecule has 2 fully saturated rings. The highest BCUT2D eigenvalue weighted by molar-refractivity contribution is 5.16. The number of fused-ring (bicyclic) bond motifs is 2. The van der Waals surface area contributed by atoms with Gasteiger partial charge in [-0.25, -0.2) is 0 Å². The molecule has 96 valence electrons. The highest BCUT2D eigenvalue weighted by Crippen LogP contribution is 2.61. The molecule has 3 aliphatic rings. The zero-order valence-corrected chi connectivity index (χ0v) is 11.3. The van der Waals surface area contributed by atoms with Crippen LogP contribution in [0, 0.1) is 16.7 Å². The van der Waals surface area contributed by atoms with E-state index in [1.54, 1.807) is 0 Å². The van der Waals surface area contributed by atoms with Gasteiger partial charge in [-0.1, -0.05) is 32.9 Å².